The van der Waals surface area contributed by atoms with Gasteiger partial charge in [-0.2, -0.15) is 0 Å². The van der Waals surface area contributed by atoms with Gasteiger partial charge in [0.2, 0.25) is 5.56 Å². The number of nitrogens with one attached hydrogen (secondary N) is 2. The number of hydrogen-bond acceptors (Lipinski definition) is 3. The van der Waals surface area contributed by atoms with Crippen LogP contribution in [0.4, 0.5) is 0 Å². The fourth-order valence-corrected chi connectivity index (χ4v) is 2.89. The quantitative estimate of drug-likeness (QED) is 0.750. The predicted octanol–water partition coefficient (Wildman–Crippen LogP) is 3.42. The summed E-state index contributed by atoms with van der Waals surface area (Å²) < 4.78 is 5.17. The molecule has 2 aromatic carbocycles. The molecule has 1 aromatic heterocycles. The smallest absolute Gasteiger partial charge is 0.252 e. The van der Waals surface area contributed by atoms with E-state index in [1.165, 1.54) is 6.07 Å². The van der Waals surface area contributed by atoms with E-state index in [9.17, 15) is 9.59 Å². The van der Waals surface area contributed by atoms with E-state index in [-0.39, 0.29) is 17.5 Å². The van der Waals surface area contributed by atoms with E-state index < -0.39 is 0 Å². The summed E-state index contributed by atoms with van der Waals surface area (Å²) in [5, 5.41) is 3.75. The van der Waals surface area contributed by atoms with Gasteiger partial charge in [0.25, 0.3) is 5.91 Å². The van der Waals surface area contributed by atoms with Crippen LogP contribution in [0.2, 0.25) is 0 Å². The van der Waals surface area contributed by atoms with E-state index in [0.717, 1.165) is 23.1 Å². The van der Waals surface area contributed by atoms with E-state index in [2.05, 4.69) is 10.3 Å². The van der Waals surface area contributed by atoms with Gasteiger partial charge in [0.05, 0.1) is 18.7 Å². The van der Waals surface area contributed by atoms with Crippen molar-refractivity contribution in [2.24, 2.45) is 0 Å². The Kier molecular flexibility index (Phi) is 4.84. The van der Waals surface area contributed by atoms with Gasteiger partial charge in [0, 0.05) is 17.0 Å². The van der Waals surface area contributed by atoms with E-state index in [1.54, 1.807) is 13.2 Å². The molecular weight excluding hydrogens is 316 g/mol. The first kappa shape index (κ1) is 16.8. The summed E-state index contributed by atoms with van der Waals surface area (Å²) in [6.45, 7) is 2.01. The van der Waals surface area contributed by atoms with E-state index in [1.807, 2.05) is 49.4 Å². The zero-order chi connectivity index (χ0) is 17.8. The SMILES string of the molecule is CCC(NC(=O)c1cc(=O)[nH]c2ccccc12)c1ccc(OC)cc1. The van der Waals surface area contributed by atoms with Gasteiger partial charge < -0.3 is 15.0 Å². The number of fused-ring (bicyclic) bond motifs is 1. The second kappa shape index (κ2) is 7.21. The minimum Gasteiger partial charge on any atom is -0.497 e. The molecule has 1 amide bonds. The maximum Gasteiger partial charge on any atom is 0.252 e. The zero-order valence-corrected chi connectivity index (χ0v) is 14.2. The first-order valence-corrected chi connectivity index (χ1v) is 8.19. The van der Waals surface area contributed by atoms with Gasteiger partial charge in [0.15, 0.2) is 0 Å². The minimum atomic E-state index is -0.290. The summed E-state index contributed by atoms with van der Waals surface area (Å²) in [6, 6.07) is 16.1. The second-order valence-electron chi connectivity index (χ2n) is 5.80. The monoisotopic (exact) mass is 336 g/mol. The lowest BCUT2D eigenvalue weighted by molar-refractivity contribution is 0.0937. The molecule has 25 heavy (non-hydrogen) atoms. The maximum atomic E-state index is 12.8. The summed E-state index contributed by atoms with van der Waals surface area (Å²) >= 11 is 0. The van der Waals surface area contributed by atoms with Crippen molar-refractivity contribution in [2.75, 3.05) is 7.11 Å². The molecular formula is C20H20N2O3. The highest BCUT2D eigenvalue weighted by Gasteiger charge is 2.17. The second-order valence-corrected chi connectivity index (χ2v) is 5.80. The van der Waals surface area contributed by atoms with Gasteiger partial charge in [-0.25, -0.2) is 0 Å². The summed E-state index contributed by atoms with van der Waals surface area (Å²) in [4.78, 5) is 27.4. The van der Waals surface area contributed by atoms with Crippen LogP contribution in [0.1, 0.15) is 35.3 Å². The van der Waals surface area contributed by atoms with Gasteiger partial charge in [-0.05, 0) is 30.2 Å². The topological polar surface area (TPSA) is 71.2 Å². The van der Waals surface area contributed by atoms with Crippen molar-refractivity contribution >= 4 is 16.8 Å². The molecule has 2 N–H and O–H groups in total. The fourth-order valence-electron chi connectivity index (χ4n) is 2.89. The molecule has 0 bridgehead atoms. The van der Waals surface area contributed by atoms with Crippen molar-refractivity contribution in [3.8, 4) is 5.75 Å². The number of H-pyrrole nitrogens is 1. The zero-order valence-electron chi connectivity index (χ0n) is 14.2. The van der Waals surface area contributed by atoms with Crippen molar-refractivity contribution in [1.29, 1.82) is 0 Å². The minimum absolute atomic E-state index is 0.142. The molecule has 0 saturated carbocycles. The number of methoxy groups -OCH3 is 1. The van der Waals surface area contributed by atoms with Crippen molar-refractivity contribution < 1.29 is 9.53 Å². The van der Waals surface area contributed by atoms with E-state index in [0.29, 0.717) is 11.1 Å². The molecule has 1 unspecified atom stereocenters. The highest BCUT2D eigenvalue weighted by molar-refractivity contribution is 6.06. The van der Waals surface area contributed by atoms with Gasteiger partial charge >= 0.3 is 0 Å². The molecule has 5 heteroatoms. The largest absolute Gasteiger partial charge is 0.497 e. The molecule has 0 aliphatic heterocycles. The Balaban J connectivity index is 1.91. The number of rotatable bonds is 5. The van der Waals surface area contributed by atoms with Crippen molar-refractivity contribution in [3.63, 3.8) is 0 Å². The summed E-state index contributed by atoms with van der Waals surface area (Å²) in [5.41, 5.74) is 1.73. The van der Waals surface area contributed by atoms with Crippen molar-refractivity contribution in [3.05, 3.63) is 76.1 Å². The Hall–Kier alpha value is -3.08. The number of aromatic nitrogens is 1. The van der Waals surface area contributed by atoms with Crippen LogP contribution >= 0.6 is 0 Å². The average molecular weight is 336 g/mol. The highest BCUT2D eigenvalue weighted by atomic mass is 16.5. The van der Waals surface area contributed by atoms with Gasteiger partial charge in [-0.15, -0.1) is 0 Å². The van der Waals surface area contributed by atoms with Crippen LogP contribution < -0.4 is 15.6 Å². The molecule has 0 aliphatic carbocycles. The van der Waals surface area contributed by atoms with Crippen LogP contribution in [0.25, 0.3) is 10.9 Å². The maximum absolute atomic E-state index is 12.8. The van der Waals surface area contributed by atoms with Gasteiger partial charge in [-0.1, -0.05) is 37.3 Å². The molecule has 0 saturated heterocycles. The van der Waals surface area contributed by atoms with Crippen LogP contribution in [0.15, 0.2) is 59.4 Å². The lowest BCUT2D eigenvalue weighted by atomic mass is 10.0. The fraction of sp³-hybridized carbons (Fsp3) is 0.200. The summed E-state index contributed by atoms with van der Waals surface area (Å²) in [7, 11) is 1.62. The Labute approximate surface area is 145 Å². The first-order chi connectivity index (χ1) is 12.1. The third-order valence-corrected chi connectivity index (χ3v) is 4.23. The number of ether oxygens (including phenoxy) is 1. The highest BCUT2D eigenvalue weighted by Crippen LogP contribution is 2.21. The number of para-hydroxylation sites is 1. The third kappa shape index (κ3) is 3.55. The number of pyridine rings is 1. The van der Waals surface area contributed by atoms with E-state index >= 15 is 0 Å². The number of hydrogen-bond donors (Lipinski definition) is 2. The molecule has 128 valence electrons. The third-order valence-electron chi connectivity index (χ3n) is 4.23. The number of carbonyl (C=O) groups is 1. The molecule has 1 atom stereocenters. The van der Waals surface area contributed by atoms with Crippen LogP contribution in [-0.2, 0) is 0 Å². The van der Waals surface area contributed by atoms with Crippen LogP contribution in [0.3, 0.4) is 0 Å². The normalized spacial score (nSPS) is 11.9. The lowest BCUT2D eigenvalue weighted by Gasteiger charge is -2.18. The molecule has 0 aliphatic rings. The summed E-state index contributed by atoms with van der Waals surface area (Å²) in [5.74, 6) is 0.510. The van der Waals surface area contributed by atoms with Crippen molar-refractivity contribution in [1.82, 2.24) is 10.3 Å². The molecule has 3 aromatic rings. The Morgan fingerprint density at radius 2 is 1.88 bits per heavy atom. The van der Waals surface area contributed by atoms with E-state index in [4.69, 9.17) is 4.74 Å². The Bertz CT molecular complexity index is 945. The lowest BCUT2D eigenvalue weighted by Crippen LogP contribution is -2.29. The number of carbonyl (C=O) groups excluding carboxylic acids is 1. The van der Waals surface area contributed by atoms with Gasteiger partial charge in [-0.3, -0.25) is 9.59 Å². The standard InChI is InChI=1S/C20H20N2O3/c1-3-17(13-8-10-14(25-2)11-9-13)22-20(24)16-12-19(23)21-18-7-5-4-6-15(16)18/h4-12,17H,3H2,1-2H3,(H,21,23)(H,22,24). The molecule has 0 radical (unpaired) electrons. The molecule has 1 heterocycles. The molecule has 0 fully saturated rings. The molecule has 0 spiro atoms. The average Bonchev–Trinajstić information content (AvgIpc) is 2.65. The van der Waals surface area contributed by atoms with Crippen LogP contribution in [0.5, 0.6) is 5.75 Å². The Morgan fingerprint density at radius 1 is 1.16 bits per heavy atom. The number of benzene rings is 2. The van der Waals surface area contributed by atoms with Crippen LogP contribution in [0, 0.1) is 0 Å². The molecule has 5 nitrogen and oxygen atoms in total. The Morgan fingerprint density at radius 3 is 2.56 bits per heavy atom. The summed E-state index contributed by atoms with van der Waals surface area (Å²) in [6.07, 6.45) is 0.735. The molecule has 3 rings (SSSR count). The van der Waals surface area contributed by atoms with Gasteiger partial charge in [0.1, 0.15) is 5.75 Å². The van der Waals surface area contributed by atoms with Crippen molar-refractivity contribution in [2.45, 2.75) is 19.4 Å². The number of aromatic amines is 1. The predicted molar refractivity (Wildman–Crippen MR) is 98.1 cm³/mol. The van der Waals surface area contributed by atoms with Crippen LogP contribution in [-0.4, -0.2) is 18.0 Å². The number of amides is 1. The first-order valence-electron chi connectivity index (χ1n) is 8.19.